The molecule has 186 valence electrons. The van der Waals surface area contributed by atoms with Gasteiger partial charge in [-0.3, -0.25) is 0 Å². The SMILES string of the molecule is CC.CC.COc1cc(OCc2ccc(OCC(=N)c3ccccc3)cc2)ccc1/C=C/C(=O)O. The smallest absolute Gasteiger partial charge is 0.328 e. The van der Waals surface area contributed by atoms with Gasteiger partial charge < -0.3 is 24.7 Å². The number of benzene rings is 3. The van der Waals surface area contributed by atoms with Gasteiger partial charge in [0.25, 0.3) is 0 Å². The number of methoxy groups -OCH3 is 1. The van der Waals surface area contributed by atoms with Crippen LogP contribution in [0.3, 0.4) is 0 Å². The summed E-state index contributed by atoms with van der Waals surface area (Å²) in [6, 6.07) is 22.2. The number of nitrogens with one attached hydrogen (secondary N) is 1. The van der Waals surface area contributed by atoms with E-state index in [1.165, 1.54) is 13.2 Å². The quantitative estimate of drug-likeness (QED) is 0.246. The third kappa shape index (κ3) is 10.2. The molecule has 2 N–H and O–H groups in total. The fourth-order valence-corrected chi connectivity index (χ4v) is 2.81. The van der Waals surface area contributed by atoms with Crippen molar-refractivity contribution < 1.29 is 24.1 Å². The molecule has 0 amide bonds. The standard InChI is InChI=1S/C25H23NO5.2C2H6/c1-29-24-15-22(13-9-20(24)10-14-25(27)28)30-16-18-7-11-21(12-8-18)31-17-23(26)19-5-3-2-4-6-19;2*1-2/h2-15,26H,16-17H2,1H3,(H,27,28);2*1-2H3/b14-10+,26-23?;;. The van der Waals surface area contributed by atoms with E-state index in [0.29, 0.717) is 35.1 Å². The fourth-order valence-electron chi connectivity index (χ4n) is 2.81. The predicted molar refractivity (Wildman–Crippen MR) is 142 cm³/mol. The molecule has 0 saturated carbocycles. The largest absolute Gasteiger partial charge is 0.496 e. The van der Waals surface area contributed by atoms with Gasteiger partial charge in [-0.15, -0.1) is 0 Å². The van der Waals surface area contributed by atoms with E-state index in [1.807, 2.05) is 82.3 Å². The molecule has 6 heteroatoms. The van der Waals surface area contributed by atoms with Gasteiger partial charge in [-0.1, -0.05) is 70.2 Å². The van der Waals surface area contributed by atoms with Gasteiger partial charge in [0.05, 0.1) is 12.8 Å². The lowest BCUT2D eigenvalue weighted by atomic mass is 10.1. The first kappa shape index (κ1) is 29.0. The minimum Gasteiger partial charge on any atom is -0.496 e. The highest BCUT2D eigenvalue weighted by atomic mass is 16.5. The molecular formula is C29H35NO5. The fraction of sp³-hybridized carbons (Fsp3) is 0.241. The van der Waals surface area contributed by atoms with E-state index in [0.717, 1.165) is 17.2 Å². The van der Waals surface area contributed by atoms with Crippen LogP contribution in [0.15, 0.2) is 78.9 Å². The van der Waals surface area contributed by atoms with E-state index in [9.17, 15) is 4.79 Å². The second-order valence-corrected chi connectivity index (χ2v) is 6.64. The number of carbonyl (C=O) groups is 1. The van der Waals surface area contributed by atoms with Crippen molar-refractivity contribution in [2.45, 2.75) is 34.3 Å². The number of rotatable bonds is 10. The average Bonchev–Trinajstić information content (AvgIpc) is 2.92. The molecule has 0 atom stereocenters. The van der Waals surface area contributed by atoms with E-state index in [2.05, 4.69) is 0 Å². The maximum absolute atomic E-state index is 10.7. The van der Waals surface area contributed by atoms with Crippen molar-refractivity contribution in [1.29, 1.82) is 5.41 Å². The van der Waals surface area contributed by atoms with E-state index in [4.69, 9.17) is 24.7 Å². The van der Waals surface area contributed by atoms with Crippen LogP contribution in [-0.2, 0) is 11.4 Å². The Kier molecular flexibility index (Phi) is 13.7. The first-order valence-corrected chi connectivity index (χ1v) is 11.6. The first-order valence-electron chi connectivity index (χ1n) is 11.6. The summed E-state index contributed by atoms with van der Waals surface area (Å²) < 4.78 is 16.8. The minimum atomic E-state index is -1.02. The Labute approximate surface area is 208 Å². The highest BCUT2D eigenvalue weighted by molar-refractivity contribution is 5.99. The normalized spacial score (nSPS) is 9.74. The predicted octanol–water partition coefficient (Wildman–Crippen LogP) is 6.87. The molecule has 0 aliphatic carbocycles. The Hall–Kier alpha value is -4.06. The van der Waals surface area contributed by atoms with Crippen molar-refractivity contribution in [3.05, 3.63) is 95.6 Å². The van der Waals surface area contributed by atoms with Crippen LogP contribution in [0.5, 0.6) is 17.2 Å². The van der Waals surface area contributed by atoms with Crippen LogP contribution in [0, 0.1) is 5.41 Å². The van der Waals surface area contributed by atoms with Gasteiger partial charge >= 0.3 is 5.97 Å². The monoisotopic (exact) mass is 477 g/mol. The maximum Gasteiger partial charge on any atom is 0.328 e. The highest BCUT2D eigenvalue weighted by Crippen LogP contribution is 2.26. The van der Waals surface area contributed by atoms with Crippen molar-refractivity contribution >= 4 is 17.8 Å². The summed E-state index contributed by atoms with van der Waals surface area (Å²) in [5.41, 5.74) is 2.87. The lowest BCUT2D eigenvalue weighted by Crippen LogP contribution is -2.11. The number of carboxylic acids is 1. The average molecular weight is 478 g/mol. The zero-order chi connectivity index (χ0) is 26.1. The molecule has 35 heavy (non-hydrogen) atoms. The molecular weight excluding hydrogens is 442 g/mol. The van der Waals surface area contributed by atoms with Crippen molar-refractivity contribution in [1.82, 2.24) is 0 Å². The van der Waals surface area contributed by atoms with Gasteiger partial charge in [-0.05, 0) is 41.5 Å². The van der Waals surface area contributed by atoms with Crippen molar-refractivity contribution in [2.24, 2.45) is 0 Å². The molecule has 0 unspecified atom stereocenters. The second-order valence-electron chi connectivity index (χ2n) is 6.64. The third-order valence-corrected chi connectivity index (χ3v) is 4.44. The number of hydrogen-bond acceptors (Lipinski definition) is 5. The van der Waals surface area contributed by atoms with Gasteiger partial charge in [0.1, 0.15) is 30.5 Å². The van der Waals surface area contributed by atoms with Crippen LogP contribution in [0.25, 0.3) is 6.08 Å². The Morgan fingerprint density at radius 2 is 1.51 bits per heavy atom. The van der Waals surface area contributed by atoms with Crippen LogP contribution in [0.1, 0.15) is 44.4 Å². The molecule has 3 aromatic rings. The number of aliphatic carboxylic acids is 1. The summed E-state index contributed by atoms with van der Waals surface area (Å²) in [4.78, 5) is 10.7. The summed E-state index contributed by atoms with van der Waals surface area (Å²) in [6.45, 7) is 8.55. The van der Waals surface area contributed by atoms with Gasteiger partial charge in [-0.2, -0.15) is 0 Å². The topological polar surface area (TPSA) is 88.8 Å². The number of carboxylic acid groups (broad SMARTS) is 1. The third-order valence-electron chi connectivity index (χ3n) is 4.44. The Morgan fingerprint density at radius 1 is 0.886 bits per heavy atom. The summed E-state index contributed by atoms with van der Waals surface area (Å²) >= 11 is 0. The zero-order valence-corrected chi connectivity index (χ0v) is 21.1. The minimum absolute atomic E-state index is 0.197. The van der Waals surface area contributed by atoms with Gasteiger partial charge in [0.15, 0.2) is 0 Å². The molecule has 0 aliphatic rings. The number of hydrogen-bond donors (Lipinski definition) is 2. The van der Waals surface area contributed by atoms with Crippen LogP contribution < -0.4 is 14.2 Å². The molecule has 0 aromatic heterocycles. The lowest BCUT2D eigenvalue weighted by Gasteiger charge is -2.11. The van der Waals surface area contributed by atoms with Crippen molar-refractivity contribution in [3.8, 4) is 17.2 Å². The van der Waals surface area contributed by atoms with Gasteiger partial charge in [0, 0.05) is 17.7 Å². The summed E-state index contributed by atoms with van der Waals surface area (Å²) in [6.07, 6.45) is 2.53. The van der Waals surface area contributed by atoms with E-state index < -0.39 is 5.97 Å². The Morgan fingerprint density at radius 3 is 2.11 bits per heavy atom. The lowest BCUT2D eigenvalue weighted by molar-refractivity contribution is -0.131. The molecule has 0 spiro atoms. The summed E-state index contributed by atoms with van der Waals surface area (Å²) in [5.74, 6) is 0.799. The molecule has 0 bridgehead atoms. The molecule has 0 aliphatic heterocycles. The molecule has 0 saturated heterocycles. The second kappa shape index (κ2) is 16.5. The van der Waals surface area contributed by atoms with Crippen molar-refractivity contribution in [2.75, 3.05) is 13.7 Å². The van der Waals surface area contributed by atoms with E-state index in [-0.39, 0.29) is 6.61 Å². The Balaban J connectivity index is 0.00000145. The first-order chi connectivity index (χ1) is 17.0. The maximum atomic E-state index is 10.7. The van der Waals surface area contributed by atoms with Crippen molar-refractivity contribution in [3.63, 3.8) is 0 Å². The molecule has 0 radical (unpaired) electrons. The number of ether oxygens (including phenoxy) is 3. The molecule has 3 aromatic carbocycles. The summed E-state index contributed by atoms with van der Waals surface area (Å²) in [5, 5.41) is 16.9. The highest BCUT2D eigenvalue weighted by Gasteiger charge is 2.05. The molecule has 6 nitrogen and oxygen atoms in total. The van der Waals surface area contributed by atoms with Crippen LogP contribution in [0.2, 0.25) is 0 Å². The van der Waals surface area contributed by atoms with Gasteiger partial charge in [-0.25, -0.2) is 4.79 Å². The molecule has 3 rings (SSSR count). The Bertz CT molecular complexity index is 1060. The molecule has 0 heterocycles. The molecule has 0 fully saturated rings. The van der Waals surface area contributed by atoms with E-state index >= 15 is 0 Å². The van der Waals surface area contributed by atoms with Crippen LogP contribution in [0.4, 0.5) is 0 Å². The zero-order valence-electron chi connectivity index (χ0n) is 21.1. The summed E-state index contributed by atoms with van der Waals surface area (Å²) in [7, 11) is 1.52. The van der Waals surface area contributed by atoms with Gasteiger partial charge in [0.2, 0.25) is 0 Å². The van der Waals surface area contributed by atoms with Crippen LogP contribution >= 0.6 is 0 Å². The van der Waals surface area contributed by atoms with E-state index in [1.54, 1.807) is 18.2 Å². The van der Waals surface area contributed by atoms with Crippen LogP contribution in [-0.4, -0.2) is 30.5 Å².